The molecule has 7 nitrogen and oxygen atoms in total. The van der Waals surface area contributed by atoms with E-state index in [9.17, 15) is 13.9 Å². The number of aliphatic hydroxyl groups is 1. The molecule has 0 saturated carbocycles. The van der Waals surface area contributed by atoms with Gasteiger partial charge >= 0.3 is 0 Å². The number of hydrogen-bond acceptors (Lipinski definition) is 7. The first-order chi connectivity index (χ1) is 17.3. The number of nitrogens with zero attached hydrogens (tertiary/aromatic N) is 4. The third-order valence-corrected chi connectivity index (χ3v) is 7.33. The predicted octanol–water partition coefficient (Wildman–Crippen LogP) is 4.63. The number of halogens is 3. The molecule has 0 bridgehead atoms. The fourth-order valence-electron chi connectivity index (χ4n) is 3.73. The summed E-state index contributed by atoms with van der Waals surface area (Å²) in [6.07, 6.45) is 11.3. The number of pyridine rings is 1. The average Bonchev–Trinajstić information content (AvgIpc) is 3.36. The van der Waals surface area contributed by atoms with Crippen LogP contribution in [0.5, 0.6) is 0 Å². The summed E-state index contributed by atoms with van der Waals surface area (Å²) in [5, 5.41) is 15.5. The number of thioether (sulfide) groups is 1. The molecule has 2 atom stereocenters. The van der Waals surface area contributed by atoms with E-state index < -0.39 is 28.8 Å². The van der Waals surface area contributed by atoms with Crippen molar-refractivity contribution in [2.24, 2.45) is 0 Å². The Bertz CT molecular complexity index is 1190. The van der Waals surface area contributed by atoms with Crippen LogP contribution in [0.1, 0.15) is 18.1 Å². The average molecular weight is 535 g/mol. The van der Waals surface area contributed by atoms with Crippen LogP contribution in [0, 0.1) is 11.6 Å². The van der Waals surface area contributed by atoms with Crippen LogP contribution in [0.4, 0.5) is 8.78 Å². The van der Waals surface area contributed by atoms with E-state index in [0.717, 1.165) is 17.7 Å². The lowest BCUT2D eigenvalue weighted by molar-refractivity contribution is -0.146. The number of allylic oxidation sites excluding steroid dienone is 2. The molecule has 0 unspecified atom stereocenters. The van der Waals surface area contributed by atoms with Crippen molar-refractivity contribution in [1.29, 1.82) is 0 Å². The van der Waals surface area contributed by atoms with Gasteiger partial charge < -0.3 is 14.6 Å². The zero-order chi connectivity index (χ0) is 25.5. The molecule has 190 valence electrons. The molecule has 3 heterocycles. The van der Waals surface area contributed by atoms with Crippen LogP contribution in [-0.4, -0.2) is 54.9 Å². The quantitative estimate of drug-likeness (QED) is 0.317. The van der Waals surface area contributed by atoms with Gasteiger partial charge in [0, 0.05) is 23.1 Å². The molecule has 1 aliphatic heterocycles. The summed E-state index contributed by atoms with van der Waals surface area (Å²) in [5.74, 6) is -1.54. The Balaban J connectivity index is 1.36. The molecule has 3 aromatic rings. The van der Waals surface area contributed by atoms with Crippen LogP contribution in [0.3, 0.4) is 0 Å². The Labute approximate surface area is 216 Å². The summed E-state index contributed by atoms with van der Waals surface area (Å²) in [5.41, 5.74) is -0.787. The molecule has 1 aromatic carbocycles. The Morgan fingerprint density at radius 3 is 2.72 bits per heavy atom. The van der Waals surface area contributed by atoms with E-state index >= 15 is 0 Å². The Hall–Kier alpha value is -2.63. The van der Waals surface area contributed by atoms with Gasteiger partial charge in [0.25, 0.3) is 0 Å². The van der Waals surface area contributed by atoms with Gasteiger partial charge in [-0.25, -0.2) is 23.4 Å². The van der Waals surface area contributed by atoms with Crippen LogP contribution in [0.15, 0.2) is 67.4 Å². The molecular formula is C25H25ClF2N4O3S. The van der Waals surface area contributed by atoms with E-state index in [1.807, 2.05) is 24.3 Å². The van der Waals surface area contributed by atoms with Crippen LogP contribution < -0.4 is 0 Å². The van der Waals surface area contributed by atoms with Crippen LogP contribution in [-0.2, 0) is 21.6 Å². The second kappa shape index (κ2) is 12.1. The maximum atomic E-state index is 14.7. The lowest BCUT2D eigenvalue weighted by atomic mass is 9.90. The minimum Gasteiger partial charge on any atom is -0.382 e. The van der Waals surface area contributed by atoms with Gasteiger partial charge in [0.15, 0.2) is 6.29 Å². The third-order valence-electron chi connectivity index (χ3n) is 5.65. The number of benzene rings is 1. The van der Waals surface area contributed by atoms with Crippen molar-refractivity contribution >= 4 is 29.4 Å². The molecule has 1 saturated heterocycles. The summed E-state index contributed by atoms with van der Waals surface area (Å²) < 4.78 is 41.3. The normalized spacial score (nSPS) is 21.1. The van der Waals surface area contributed by atoms with Gasteiger partial charge in [-0.2, -0.15) is 5.10 Å². The maximum absolute atomic E-state index is 14.7. The summed E-state index contributed by atoms with van der Waals surface area (Å²) >= 11 is 7.19. The summed E-state index contributed by atoms with van der Waals surface area (Å²) in [4.78, 5) is 7.91. The molecule has 1 N–H and O–H groups in total. The summed E-state index contributed by atoms with van der Waals surface area (Å²) in [6.45, 7) is 2.48. The lowest BCUT2D eigenvalue weighted by Crippen LogP contribution is -2.43. The third kappa shape index (κ3) is 6.77. The molecule has 11 heteroatoms. The molecule has 0 aliphatic carbocycles. The summed E-state index contributed by atoms with van der Waals surface area (Å²) in [6, 6.07) is 6.73. The zero-order valence-electron chi connectivity index (χ0n) is 19.4. The first-order valence-electron chi connectivity index (χ1n) is 11.2. The molecule has 0 amide bonds. The molecule has 0 spiro atoms. The van der Waals surface area contributed by atoms with Crippen molar-refractivity contribution in [3.8, 4) is 0 Å². The number of rotatable bonds is 9. The van der Waals surface area contributed by atoms with Crippen molar-refractivity contribution < 1.29 is 23.4 Å². The minimum absolute atomic E-state index is 0.0134. The highest BCUT2D eigenvalue weighted by Crippen LogP contribution is 2.38. The molecular weight excluding hydrogens is 510 g/mol. The molecule has 1 aliphatic rings. The highest BCUT2D eigenvalue weighted by molar-refractivity contribution is 8.00. The Morgan fingerprint density at radius 1 is 1.25 bits per heavy atom. The molecule has 36 heavy (non-hydrogen) atoms. The number of ether oxygens (including phenoxy) is 2. The van der Waals surface area contributed by atoms with E-state index in [4.69, 9.17) is 21.1 Å². The standard InChI is InChI=1S/C25H25ClF2N4O3S/c1-17(25(33,14-32-16-29-15-31-32)21-8-7-19(27)10-22(21)28)36-20-12-34-24(35-13-20)5-3-2-4-18-6-9-23(26)30-11-18/h2-11,15-17,20,24,33H,12-14H2,1H3/b4-2+,5-3+/t17-,20?,24?,25-/m1/s1. The predicted molar refractivity (Wildman–Crippen MR) is 134 cm³/mol. The Kier molecular flexibility index (Phi) is 8.86. The van der Waals surface area contributed by atoms with Gasteiger partial charge in [-0.15, -0.1) is 11.8 Å². The fourth-order valence-corrected chi connectivity index (χ4v) is 5.16. The van der Waals surface area contributed by atoms with Crippen LogP contribution in [0.2, 0.25) is 5.15 Å². The highest BCUT2D eigenvalue weighted by Gasteiger charge is 2.41. The van der Waals surface area contributed by atoms with Gasteiger partial charge in [0.05, 0.1) is 25.0 Å². The van der Waals surface area contributed by atoms with Gasteiger partial charge in [-0.3, -0.25) is 0 Å². The zero-order valence-corrected chi connectivity index (χ0v) is 20.9. The van der Waals surface area contributed by atoms with Gasteiger partial charge in [-0.1, -0.05) is 48.9 Å². The number of hydrogen-bond donors (Lipinski definition) is 1. The first-order valence-corrected chi connectivity index (χ1v) is 12.5. The van der Waals surface area contributed by atoms with Gasteiger partial charge in [-0.05, 0) is 23.8 Å². The lowest BCUT2D eigenvalue weighted by Gasteiger charge is -2.37. The molecule has 2 aromatic heterocycles. The Morgan fingerprint density at radius 2 is 2.06 bits per heavy atom. The van der Waals surface area contributed by atoms with Crippen molar-refractivity contribution in [3.63, 3.8) is 0 Å². The largest absolute Gasteiger partial charge is 0.382 e. The van der Waals surface area contributed by atoms with Crippen molar-refractivity contribution in [1.82, 2.24) is 19.7 Å². The second-order valence-electron chi connectivity index (χ2n) is 8.24. The SMILES string of the molecule is C[C@@H](SC1COC(/C=C/C=C/c2ccc(Cl)nc2)OC1)[C@](O)(Cn1cncn1)c1ccc(F)cc1F. The number of aromatic nitrogens is 4. The molecule has 4 rings (SSSR count). The van der Waals surface area contributed by atoms with Crippen molar-refractivity contribution in [2.75, 3.05) is 13.2 Å². The van der Waals surface area contributed by atoms with Crippen LogP contribution in [0.25, 0.3) is 6.08 Å². The molecule has 0 radical (unpaired) electrons. The van der Waals surface area contributed by atoms with E-state index in [-0.39, 0.29) is 17.4 Å². The smallest absolute Gasteiger partial charge is 0.177 e. The monoisotopic (exact) mass is 534 g/mol. The van der Waals surface area contributed by atoms with E-state index in [1.165, 1.54) is 35.2 Å². The maximum Gasteiger partial charge on any atom is 0.177 e. The first kappa shape index (κ1) is 26.4. The highest BCUT2D eigenvalue weighted by atomic mass is 35.5. The summed E-state index contributed by atoms with van der Waals surface area (Å²) in [7, 11) is 0. The fraction of sp³-hybridized carbons (Fsp3) is 0.320. The second-order valence-corrected chi connectivity index (χ2v) is 10.3. The van der Waals surface area contributed by atoms with Crippen molar-refractivity contribution in [2.45, 2.75) is 35.9 Å². The van der Waals surface area contributed by atoms with E-state index in [2.05, 4.69) is 15.1 Å². The minimum atomic E-state index is -1.69. The van der Waals surface area contributed by atoms with Crippen molar-refractivity contribution in [3.05, 3.63) is 95.3 Å². The van der Waals surface area contributed by atoms with Crippen LogP contribution >= 0.6 is 23.4 Å². The topological polar surface area (TPSA) is 82.3 Å². The van der Waals surface area contributed by atoms with Gasteiger partial charge in [0.2, 0.25) is 0 Å². The van der Waals surface area contributed by atoms with Gasteiger partial charge in [0.1, 0.15) is 35.0 Å². The molecule has 1 fully saturated rings. The van der Waals surface area contributed by atoms with E-state index in [1.54, 1.807) is 25.3 Å². The van der Waals surface area contributed by atoms with E-state index in [0.29, 0.717) is 18.4 Å².